The molecule has 1 aliphatic carbocycles. The van der Waals surface area contributed by atoms with E-state index >= 15 is 0 Å². The molecule has 0 aliphatic heterocycles. The second-order valence-corrected chi connectivity index (χ2v) is 5.40. The summed E-state index contributed by atoms with van der Waals surface area (Å²) in [5, 5.41) is 6.70. The lowest BCUT2D eigenvalue weighted by molar-refractivity contribution is 0.0945. The summed E-state index contributed by atoms with van der Waals surface area (Å²) >= 11 is 0. The number of benzene rings is 1. The van der Waals surface area contributed by atoms with Gasteiger partial charge in [0.05, 0.1) is 0 Å². The largest absolute Gasteiger partial charge is 0.373 e. The van der Waals surface area contributed by atoms with Crippen LogP contribution in [0, 0.1) is 0 Å². The Bertz CT molecular complexity index is 605. The summed E-state index contributed by atoms with van der Waals surface area (Å²) in [6.07, 6.45) is 2.27. The number of hydrogen-bond acceptors (Lipinski definition) is 4. The second-order valence-electron chi connectivity index (χ2n) is 5.40. The first-order valence-corrected chi connectivity index (χ1v) is 7.25. The lowest BCUT2D eigenvalue weighted by atomic mass is 10.3. The van der Waals surface area contributed by atoms with E-state index in [1.165, 1.54) is 0 Å². The quantitative estimate of drug-likeness (QED) is 0.885. The third kappa shape index (κ3) is 3.42. The van der Waals surface area contributed by atoms with Crippen molar-refractivity contribution in [2.24, 2.45) is 0 Å². The third-order valence-corrected chi connectivity index (χ3v) is 3.67. The maximum absolute atomic E-state index is 12.0. The van der Waals surface area contributed by atoms with E-state index in [-0.39, 0.29) is 5.91 Å². The van der Waals surface area contributed by atoms with E-state index in [9.17, 15) is 4.79 Å². The molecule has 1 heterocycles. The second kappa shape index (κ2) is 5.99. The molecule has 5 nitrogen and oxygen atoms in total. The Morgan fingerprint density at radius 1 is 1.38 bits per heavy atom. The fourth-order valence-corrected chi connectivity index (χ4v) is 2.20. The Kier molecular flexibility index (Phi) is 3.90. The minimum absolute atomic E-state index is 0.174. The highest BCUT2D eigenvalue weighted by atomic mass is 16.5. The van der Waals surface area contributed by atoms with Crippen LogP contribution in [0.15, 0.2) is 40.9 Å². The van der Waals surface area contributed by atoms with Crippen LogP contribution in [0.1, 0.15) is 35.0 Å². The van der Waals surface area contributed by atoms with E-state index in [4.69, 9.17) is 4.52 Å². The first-order chi connectivity index (χ1) is 10.2. The van der Waals surface area contributed by atoms with E-state index in [2.05, 4.69) is 15.4 Å². The average Bonchev–Trinajstić information content (AvgIpc) is 3.25. The summed E-state index contributed by atoms with van der Waals surface area (Å²) in [5.41, 5.74) is 1.50. The van der Waals surface area contributed by atoms with Gasteiger partial charge in [0.1, 0.15) is 5.76 Å². The van der Waals surface area contributed by atoms with Gasteiger partial charge in [-0.2, -0.15) is 0 Å². The third-order valence-electron chi connectivity index (χ3n) is 3.67. The zero-order valence-electron chi connectivity index (χ0n) is 12.1. The van der Waals surface area contributed by atoms with Gasteiger partial charge < -0.3 is 14.7 Å². The van der Waals surface area contributed by atoms with Crippen molar-refractivity contribution in [1.82, 2.24) is 10.5 Å². The molecule has 3 rings (SSSR count). The monoisotopic (exact) mass is 285 g/mol. The predicted octanol–water partition coefficient (Wildman–Crippen LogP) is 2.42. The molecule has 0 saturated heterocycles. The number of amides is 1. The number of hydrogen-bond donors (Lipinski definition) is 1. The van der Waals surface area contributed by atoms with Gasteiger partial charge in [0.15, 0.2) is 5.69 Å². The van der Waals surface area contributed by atoms with Gasteiger partial charge in [-0.15, -0.1) is 0 Å². The van der Waals surface area contributed by atoms with Crippen LogP contribution in [0.5, 0.6) is 0 Å². The minimum Gasteiger partial charge on any atom is -0.373 e. The zero-order chi connectivity index (χ0) is 14.7. The SMILES string of the molecule is CN(CCNC(=O)c1cc(C2CC2)on1)c1ccccc1. The van der Waals surface area contributed by atoms with Gasteiger partial charge in [0, 0.05) is 37.8 Å². The minimum atomic E-state index is -0.174. The van der Waals surface area contributed by atoms with Crippen LogP contribution >= 0.6 is 0 Å². The van der Waals surface area contributed by atoms with Crippen molar-refractivity contribution in [3.63, 3.8) is 0 Å². The van der Waals surface area contributed by atoms with E-state index in [0.29, 0.717) is 18.2 Å². The lowest BCUT2D eigenvalue weighted by Crippen LogP contribution is -2.33. The Hall–Kier alpha value is -2.30. The average molecular weight is 285 g/mol. The van der Waals surface area contributed by atoms with Crippen LogP contribution in [-0.4, -0.2) is 31.2 Å². The summed E-state index contributed by atoms with van der Waals surface area (Å²) in [6, 6.07) is 11.8. The Balaban J connectivity index is 1.47. The molecule has 110 valence electrons. The molecule has 0 atom stereocenters. The van der Waals surface area contributed by atoms with Crippen molar-refractivity contribution >= 4 is 11.6 Å². The van der Waals surface area contributed by atoms with Crippen LogP contribution < -0.4 is 10.2 Å². The Morgan fingerprint density at radius 3 is 2.86 bits per heavy atom. The normalized spacial score (nSPS) is 14.0. The molecule has 2 aromatic rings. The van der Waals surface area contributed by atoms with Crippen molar-refractivity contribution in [2.45, 2.75) is 18.8 Å². The van der Waals surface area contributed by atoms with Crippen molar-refractivity contribution < 1.29 is 9.32 Å². The summed E-state index contributed by atoms with van der Waals surface area (Å²) in [5.74, 6) is 1.14. The van der Waals surface area contributed by atoms with E-state index in [1.54, 1.807) is 6.07 Å². The van der Waals surface area contributed by atoms with Crippen LogP contribution in [0.4, 0.5) is 5.69 Å². The first-order valence-electron chi connectivity index (χ1n) is 7.25. The van der Waals surface area contributed by atoms with Gasteiger partial charge in [0.25, 0.3) is 5.91 Å². The first kappa shape index (κ1) is 13.7. The number of carbonyl (C=O) groups is 1. The highest BCUT2D eigenvalue weighted by Crippen LogP contribution is 2.40. The molecule has 1 N–H and O–H groups in total. The van der Waals surface area contributed by atoms with Gasteiger partial charge in [-0.25, -0.2) is 0 Å². The van der Waals surface area contributed by atoms with Crippen molar-refractivity contribution in [2.75, 3.05) is 25.0 Å². The molecule has 0 radical (unpaired) electrons. The number of anilines is 1. The molecular formula is C16H19N3O2. The molecule has 5 heteroatoms. The highest BCUT2D eigenvalue weighted by Gasteiger charge is 2.28. The number of nitrogens with one attached hydrogen (secondary N) is 1. The van der Waals surface area contributed by atoms with Gasteiger partial charge in [-0.05, 0) is 25.0 Å². The van der Waals surface area contributed by atoms with E-state index in [1.807, 2.05) is 37.4 Å². The standard InChI is InChI=1S/C16H19N3O2/c1-19(13-5-3-2-4-6-13)10-9-17-16(20)14-11-15(21-18-14)12-7-8-12/h2-6,11-12H,7-10H2,1H3,(H,17,20). The molecule has 1 aromatic heterocycles. The molecule has 21 heavy (non-hydrogen) atoms. The summed E-state index contributed by atoms with van der Waals surface area (Å²) in [6.45, 7) is 1.30. The number of aromatic nitrogens is 1. The van der Waals surface area contributed by atoms with Crippen LogP contribution in [0.3, 0.4) is 0 Å². The molecule has 0 bridgehead atoms. The summed E-state index contributed by atoms with van der Waals surface area (Å²) in [4.78, 5) is 14.1. The fraction of sp³-hybridized carbons (Fsp3) is 0.375. The number of carbonyl (C=O) groups excluding carboxylic acids is 1. The van der Waals surface area contributed by atoms with Crippen molar-refractivity contribution in [3.05, 3.63) is 47.9 Å². The number of para-hydroxylation sites is 1. The van der Waals surface area contributed by atoms with E-state index < -0.39 is 0 Å². The fourth-order valence-electron chi connectivity index (χ4n) is 2.20. The molecule has 1 amide bonds. The maximum atomic E-state index is 12.0. The van der Waals surface area contributed by atoms with Gasteiger partial charge in [-0.1, -0.05) is 23.4 Å². The summed E-state index contributed by atoms with van der Waals surface area (Å²) in [7, 11) is 2.00. The topological polar surface area (TPSA) is 58.4 Å². The van der Waals surface area contributed by atoms with Crippen LogP contribution in [0.2, 0.25) is 0 Å². The number of likely N-dealkylation sites (N-methyl/N-ethyl adjacent to an activating group) is 1. The molecule has 1 aliphatic rings. The van der Waals surface area contributed by atoms with Crippen LogP contribution in [-0.2, 0) is 0 Å². The number of rotatable bonds is 6. The molecule has 1 aromatic carbocycles. The smallest absolute Gasteiger partial charge is 0.273 e. The van der Waals surface area contributed by atoms with Crippen LogP contribution in [0.25, 0.3) is 0 Å². The Labute approximate surface area is 123 Å². The van der Waals surface area contributed by atoms with Gasteiger partial charge in [0.2, 0.25) is 0 Å². The molecule has 1 fully saturated rings. The molecule has 0 unspecified atom stereocenters. The highest BCUT2D eigenvalue weighted by molar-refractivity contribution is 5.92. The summed E-state index contributed by atoms with van der Waals surface area (Å²) < 4.78 is 5.19. The lowest BCUT2D eigenvalue weighted by Gasteiger charge is -2.19. The molecule has 1 saturated carbocycles. The predicted molar refractivity (Wildman–Crippen MR) is 80.5 cm³/mol. The van der Waals surface area contributed by atoms with Crippen molar-refractivity contribution in [1.29, 1.82) is 0 Å². The van der Waals surface area contributed by atoms with Crippen molar-refractivity contribution in [3.8, 4) is 0 Å². The van der Waals surface area contributed by atoms with Gasteiger partial charge in [-0.3, -0.25) is 4.79 Å². The molecule has 0 spiro atoms. The van der Waals surface area contributed by atoms with E-state index in [0.717, 1.165) is 30.8 Å². The molecular weight excluding hydrogens is 266 g/mol. The zero-order valence-corrected chi connectivity index (χ0v) is 12.1. The van der Waals surface area contributed by atoms with Gasteiger partial charge >= 0.3 is 0 Å². The number of nitrogens with zero attached hydrogens (tertiary/aromatic N) is 2. The Morgan fingerprint density at radius 2 is 2.14 bits per heavy atom. The maximum Gasteiger partial charge on any atom is 0.273 e.